The molecule has 3 N–H and O–H groups in total. The fourth-order valence-electron chi connectivity index (χ4n) is 2.70. The number of sulfonamides is 1. The van der Waals surface area contributed by atoms with Crippen LogP contribution in [0.1, 0.15) is 12.5 Å². The Labute approximate surface area is 168 Å². The Bertz CT molecular complexity index is 981. The van der Waals surface area contributed by atoms with Crippen LogP contribution in [0.5, 0.6) is 17.2 Å². The van der Waals surface area contributed by atoms with E-state index in [1.165, 1.54) is 38.5 Å². The molecule has 0 aromatic heterocycles. The first-order valence-corrected chi connectivity index (χ1v) is 10.1. The van der Waals surface area contributed by atoms with E-state index in [-0.39, 0.29) is 29.0 Å². The number of halogens is 1. The lowest BCUT2D eigenvalue weighted by Crippen LogP contribution is -2.37. The predicted molar refractivity (Wildman–Crippen MR) is 104 cm³/mol. The summed E-state index contributed by atoms with van der Waals surface area (Å²) >= 11 is 0. The summed E-state index contributed by atoms with van der Waals surface area (Å²) < 4.78 is 52.1. The maximum atomic E-state index is 13.3. The molecule has 0 fully saturated rings. The van der Waals surface area contributed by atoms with E-state index in [4.69, 9.17) is 19.3 Å². The first-order valence-electron chi connectivity index (χ1n) is 8.59. The van der Waals surface area contributed by atoms with Crippen molar-refractivity contribution in [3.05, 3.63) is 47.8 Å². The van der Waals surface area contributed by atoms with Crippen LogP contribution < -0.4 is 24.7 Å². The highest BCUT2D eigenvalue weighted by atomic mass is 32.2. The zero-order valence-corrected chi connectivity index (χ0v) is 17.1. The summed E-state index contributed by atoms with van der Waals surface area (Å²) in [6, 6.07) is 8.01. The highest BCUT2D eigenvalue weighted by molar-refractivity contribution is 7.89. The second kappa shape index (κ2) is 9.57. The van der Waals surface area contributed by atoms with Gasteiger partial charge in [0.05, 0.1) is 14.2 Å². The summed E-state index contributed by atoms with van der Waals surface area (Å²) in [5, 5.41) is 7.94. The zero-order chi connectivity index (χ0) is 21.6. The lowest BCUT2D eigenvalue weighted by molar-refractivity contribution is -0.123. The summed E-state index contributed by atoms with van der Waals surface area (Å²) in [6.07, 6.45) is 0.349. The number of nitrogens with one attached hydrogen (secondary N) is 1. The first kappa shape index (κ1) is 22.4. The van der Waals surface area contributed by atoms with Gasteiger partial charge in [-0.15, -0.1) is 0 Å². The van der Waals surface area contributed by atoms with Gasteiger partial charge in [-0.25, -0.2) is 17.9 Å². The second-order valence-electron chi connectivity index (χ2n) is 6.29. The van der Waals surface area contributed by atoms with Gasteiger partial charge in [0.2, 0.25) is 10.0 Å². The normalized spacial score (nSPS) is 12.2. The van der Waals surface area contributed by atoms with Crippen molar-refractivity contribution in [3.63, 3.8) is 0 Å². The molecule has 1 unspecified atom stereocenters. The average molecular weight is 426 g/mol. The van der Waals surface area contributed by atoms with Crippen molar-refractivity contribution in [2.75, 3.05) is 20.8 Å². The molecule has 0 saturated carbocycles. The third kappa shape index (κ3) is 6.33. The van der Waals surface area contributed by atoms with E-state index < -0.39 is 21.7 Å². The number of hydrogen-bond donors (Lipinski definition) is 2. The quantitative estimate of drug-likeness (QED) is 0.629. The van der Waals surface area contributed by atoms with Crippen molar-refractivity contribution in [3.8, 4) is 17.2 Å². The van der Waals surface area contributed by atoms with Gasteiger partial charge in [0.15, 0.2) is 18.1 Å². The molecule has 0 aliphatic heterocycles. The minimum atomic E-state index is -3.95. The number of primary sulfonamides is 1. The van der Waals surface area contributed by atoms with Crippen LogP contribution in [-0.2, 0) is 21.2 Å². The van der Waals surface area contributed by atoms with Crippen molar-refractivity contribution < 1.29 is 31.8 Å². The van der Waals surface area contributed by atoms with Crippen molar-refractivity contribution in [2.45, 2.75) is 24.3 Å². The zero-order valence-electron chi connectivity index (χ0n) is 16.3. The molecule has 0 aliphatic carbocycles. The van der Waals surface area contributed by atoms with E-state index in [0.717, 1.165) is 6.07 Å². The average Bonchev–Trinajstić information content (AvgIpc) is 2.65. The molecule has 0 heterocycles. The Morgan fingerprint density at radius 2 is 1.76 bits per heavy atom. The van der Waals surface area contributed by atoms with Gasteiger partial charge in [0.1, 0.15) is 16.5 Å². The van der Waals surface area contributed by atoms with Crippen LogP contribution in [0.3, 0.4) is 0 Å². The molecule has 8 nitrogen and oxygen atoms in total. The van der Waals surface area contributed by atoms with Crippen molar-refractivity contribution >= 4 is 15.9 Å². The lowest BCUT2D eigenvalue weighted by Gasteiger charge is -2.16. The summed E-state index contributed by atoms with van der Waals surface area (Å²) in [5.41, 5.74) is 0.648. The van der Waals surface area contributed by atoms with Crippen LogP contribution in [0.2, 0.25) is 0 Å². The molecular formula is C19H23FN2O6S. The predicted octanol–water partition coefficient (Wildman–Crippen LogP) is 1.62. The van der Waals surface area contributed by atoms with E-state index in [9.17, 15) is 17.6 Å². The Hall–Kier alpha value is -2.85. The van der Waals surface area contributed by atoms with Crippen LogP contribution in [0.4, 0.5) is 4.39 Å². The number of benzene rings is 2. The highest BCUT2D eigenvalue weighted by Crippen LogP contribution is 2.27. The molecule has 0 aliphatic rings. The van der Waals surface area contributed by atoms with Gasteiger partial charge in [0.25, 0.3) is 5.91 Å². The fourth-order valence-corrected chi connectivity index (χ4v) is 3.45. The van der Waals surface area contributed by atoms with Gasteiger partial charge in [-0.1, -0.05) is 6.07 Å². The molecule has 1 amide bonds. The third-order valence-electron chi connectivity index (χ3n) is 3.97. The lowest BCUT2D eigenvalue weighted by atomic mass is 10.1. The fraction of sp³-hybridized carbons (Fsp3) is 0.316. The first-order chi connectivity index (χ1) is 13.6. The summed E-state index contributed by atoms with van der Waals surface area (Å²) in [5.74, 6) is -0.377. The number of hydrogen-bond acceptors (Lipinski definition) is 6. The van der Waals surface area contributed by atoms with Crippen LogP contribution in [0.15, 0.2) is 41.3 Å². The summed E-state index contributed by atoms with van der Waals surface area (Å²) in [7, 11) is -1.19. The van der Waals surface area contributed by atoms with Crippen LogP contribution in [-0.4, -0.2) is 41.2 Å². The number of rotatable bonds is 9. The molecule has 0 bridgehead atoms. The molecule has 10 heteroatoms. The monoisotopic (exact) mass is 426 g/mol. The topological polar surface area (TPSA) is 117 Å². The maximum Gasteiger partial charge on any atom is 0.258 e. The van der Waals surface area contributed by atoms with Gasteiger partial charge < -0.3 is 19.5 Å². The molecule has 2 aromatic rings. The molecule has 2 aromatic carbocycles. The van der Waals surface area contributed by atoms with Gasteiger partial charge in [0, 0.05) is 12.1 Å². The van der Waals surface area contributed by atoms with Gasteiger partial charge >= 0.3 is 0 Å². The summed E-state index contributed by atoms with van der Waals surface area (Å²) in [6.45, 7) is 1.41. The largest absolute Gasteiger partial charge is 0.495 e. The Kier molecular flexibility index (Phi) is 7.40. The van der Waals surface area contributed by atoms with Gasteiger partial charge in [-0.2, -0.15) is 0 Å². The second-order valence-corrected chi connectivity index (χ2v) is 7.82. The van der Waals surface area contributed by atoms with Crippen molar-refractivity contribution in [2.24, 2.45) is 5.14 Å². The third-order valence-corrected chi connectivity index (χ3v) is 4.90. The number of amides is 1. The molecule has 0 saturated heterocycles. The van der Waals surface area contributed by atoms with Crippen molar-refractivity contribution in [1.82, 2.24) is 5.32 Å². The number of nitrogens with two attached hydrogens (primary N) is 1. The molecule has 158 valence electrons. The number of ether oxygens (including phenoxy) is 3. The Morgan fingerprint density at radius 1 is 1.10 bits per heavy atom. The minimum Gasteiger partial charge on any atom is -0.495 e. The van der Waals surface area contributed by atoms with Crippen LogP contribution >= 0.6 is 0 Å². The molecule has 0 spiro atoms. The van der Waals surface area contributed by atoms with E-state index in [2.05, 4.69) is 5.32 Å². The number of carbonyl (C=O) groups excluding carboxylic acids is 1. The van der Waals surface area contributed by atoms with E-state index in [0.29, 0.717) is 17.7 Å². The Balaban J connectivity index is 1.98. The van der Waals surface area contributed by atoms with E-state index in [1.54, 1.807) is 13.0 Å². The molecule has 0 radical (unpaired) electrons. The molecular weight excluding hydrogens is 403 g/mol. The van der Waals surface area contributed by atoms with Crippen molar-refractivity contribution in [1.29, 1.82) is 0 Å². The smallest absolute Gasteiger partial charge is 0.258 e. The number of methoxy groups -OCH3 is 2. The highest BCUT2D eigenvalue weighted by Gasteiger charge is 2.17. The number of carbonyl (C=O) groups is 1. The molecule has 2 rings (SSSR count). The van der Waals surface area contributed by atoms with Gasteiger partial charge in [-0.05, 0) is 43.2 Å². The molecule has 1 atom stereocenters. The van der Waals surface area contributed by atoms with E-state index >= 15 is 0 Å². The van der Waals surface area contributed by atoms with Gasteiger partial charge in [-0.3, -0.25) is 4.79 Å². The van der Waals surface area contributed by atoms with Crippen LogP contribution in [0.25, 0.3) is 0 Å². The standard InChI is InChI=1S/C19H23FN2O6S/c1-12(8-13-4-6-16(27-3)18(9-13)29(21,24)25)22-19(23)11-28-17-10-14(20)5-7-15(17)26-2/h4-7,9-10,12H,8,11H2,1-3H3,(H,22,23)(H2,21,24,25). The Morgan fingerprint density at radius 3 is 2.38 bits per heavy atom. The molecule has 29 heavy (non-hydrogen) atoms. The van der Waals surface area contributed by atoms with E-state index in [1.807, 2.05) is 0 Å². The summed E-state index contributed by atoms with van der Waals surface area (Å²) in [4.78, 5) is 12.0. The van der Waals surface area contributed by atoms with Crippen LogP contribution in [0, 0.1) is 5.82 Å². The minimum absolute atomic E-state index is 0.114. The maximum absolute atomic E-state index is 13.3. The SMILES string of the molecule is COc1ccc(F)cc1OCC(=O)NC(C)Cc1ccc(OC)c(S(N)(=O)=O)c1.